The van der Waals surface area contributed by atoms with Crippen LogP contribution < -0.4 is 5.32 Å². The fourth-order valence-corrected chi connectivity index (χ4v) is 2.76. The van der Waals surface area contributed by atoms with Crippen molar-refractivity contribution in [3.05, 3.63) is 0 Å². The van der Waals surface area contributed by atoms with Crippen LogP contribution in [0.1, 0.15) is 46.5 Å². The molecule has 1 aliphatic carbocycles. The molecule has 0 aromatic carbocycles. The maximum atomic E-state index is 11.9. The predicted octanol–water partition coefficient (Wildman–Crippen LogP) is 2.11. The first-order valence-electron chi connectivity index (χ1n) is 6.43. The van der Waals surface area contributed by atoms with Gasteiger partial charge in [-0.15, -0.1) is 0 Å². The number of carbonyl (C=O) groups is 1. The van der Waals surface area contributed by atoms with E-state index < -0.39 is 0 Å². The molecule has 0 bridgehead atoms. The quantitative estimate of drug-likeness (QED) is 0.695. The Morgan fingerprint density at radius 2 is 2.00 bits per heavy atom. The van der Waals surface area contributed by atoms with Crippen LogP contribution in [0, 0.1) is 11.3 Å². The van der Waals surface area contributed by atoms with Crippen molar-refractivity contribution in [1.29, 1.82) is 0 Å². The highest BCUT2D eigenvalue weighted by molar-refractivity contribution is 5.75. The number of fused-ring (bicyclic) bond motifs is 1. The van der Waals surface area contributed by atoms with Crippen molar-refractivity contribution in [3.8, 4) is 0 Å². The Morgan fingerprint density at radius 1 is 1.25 bits per heavy atom. The van der Waals surface area contributed by atoms with Gasteiger partial charge < -0.3 is 10.1 Å². The highest BCUT2D eigenvalue weighted by Gasteiger charge is 2.39. The predicted molar refractivity (Wildman–Crippen MR) is 63.1 cm³/mol. The average molecular weight is 225 g/mol. The lowest BCUT2D eigenvalue weighted by Gasteiger charge is -2.34. The van der Waals surface area contributed by atoms with Gasteiger partial charge in [0.2, 0.25) is 0 Å². The summed E-state index contributed by atoms with van der Waals surface area (Å²) in [6.07, 6.45) is 4.78. The van der Waals surface area contributed by atoms with Gasteiger partial charge in [0.05, 0.1) is 5.41 Å². The molecule has 0 radical (unpaired) electrons. The Labute approximate surface area is 97.9 Å². The number of nitrogens with one attached hydrogen (secondary N) is 1. The van der Waals surface area contributed by atoms with Gasteiger partial charge in [0, 0.05) is 12.0 Å². The Balaban J connectivity index is 1.96. The smallest absolute Gasteiger partial charge is 0.311 e. The molecule has 2 rings (SSSR count). The topological polar surface area (TPSA) is 38.3 Å². The van der Waals surface area contributed by atoms with Crippen molar-refractivity contribution in [2.24, 2.45) is 11.3 Å². The minimum absolute atomic E-state index is 0.0509. The van der Waals surface area contributed by atoms with Gasteiger partial charge >= 0.3 is 5.97 Å². The van der Waals surface area contributed by atoms with Crippen LogP contribution in [0.25, 0.3) is 0 Å². The molecule has 3 unspecified atom stereocenters. The highest BCUT2D eigenvalue weighted by Crippen LogP contribution is 2.34. The number of rotatable bonds is 1. The molecule has 3 heteroatoms. The van der Waals surface area contributed by atoms with E-state index in [4.69, 9.17) is 4.74 Å². The van der Waals surface area contributed by atoms with Gasteiger partial charge in [-0.1, -0.05) is 0 Å². The molecule has 2 aliphatic rings. The first-order chi connectivity index (χ1) is 7.48. The summed E-state index contributed by atoms with van der Waals surface area (Å²) in [6.45, 7) is 6.84. The van der Waals surface area contributed by atoms with Gasteiger partial charge in [-0.2, -0.15) is 0 Å². The Hall–Kier alpha value is -0.570. The molecule has 16 heavy (non-hydrogen) atoms. The fraction of sp³-hybridized carbons (Fsp3) is 0.923. The van der Waals surface area contributed by atoms with E-state index in [1.807, 2.05) is 20.8 Å². The van der Waals surface area contributed by atoms with Gasteiger partial charge in [-0.3, -0.25) is 4.79 Å². The SMILES string of the molecule is CC(C)(C)C(=O)OC1CCCC2NCCC21. The maximum absolute atomic E-state index is 11.9. The van der Waals surface area contributed by atoms with E-state index in [1.165, 1.54) is 12.8 Å². The number of carbonyl (C=O) groups excluding carboxylic acids is 1. The van der Waals surface area contributed by atoms with Gasteiger partial charge in [-0.05, 0) is 53.0 Å². The number of hydrogen-bond acceptors (Lipinski definition) is 3. The summed E-state index contributed by atoms with van der Waals surface area (Å²) in [4.78, 5) is 11.9. The van der Waals surface area contributed by atoms with E-state index in [2.05, 4.69) is 5.32 Å². The van der Waals surface area contributed by atoms with Gasteiger partial charge in [-0.25, -0.2) is 0 Å². The Bertz CT molecular complexity index is 270. The van der Waals surface area contributed by atoms with E-state index in [-0.39, 0.29) is 17.5 Å². The number of hydrogen-bond donors (Lipinski definition) is 1. The van der Waals surface area contributed by atoms with Crippen molar-refractivity contribution in [2.75, 3.05) is 6.54 Å². The third-order valence-electron chi connectivity index (χ3n) is 3.75. The van der Waals surface area contributed by atoms with E-state index >= 15 is 0 Å². The molecule has 3 nitrogen and oxygen atoms in total. The molecule has 0 aromatic heterocycles. The van der Waals surface area contributed by atoms with Crippen molar-refractivity contribution >= 4 is 5.97 Å². The Morgan fingerprint density at radius 3 is 2.69 bits per heavy atom. The highest BCUT2D eigenvalue weighted by atomic mass is 16.5. The molecule has 1 heterocycles. The molecule has 1 N–H and O–H groups in total. The first kappa shape index (κ1) is 11.9. The second-order valence-corrected chi connectivity index (χ2v) is 6.14. The molecule has 0 amide bonds. The molecule has 2 fully saturated rings. The first-order valence-corrected chi connectivity index (χ1v) is 6.43. The monoisotopic (exact) mass is 225 g/mol. The summed E-state index contributed by atoms with van der Waals surface area (Å²) in [5, 5.41) is 3.51. The van der Waals surface area contributed by atoms with E-state index in [9.17, 15) is 4.79 Å². The normalized spacial score (nSPS) is 34.6. The molecule has 92 valence electrons. The van der Waals surface area contributed by atoms with Gasteiger partial charge in [0.15, 0.2) is 0 Å². The second-order valence-electron chi connectivity index (χ2n) is 6.14. The lowest BCUT2D eigenvalue weighted by molar-refractivity contribution is -0.163. The molecule has 1 aliphatic heterocycles. The summed E-state index contributed by atoms with van der Waals surface area (Å²) in [5.74, 6) is 0.505. The minimum Gasteiger partial charge on any atom is -0.462 e. The number of ether oxygens (including phenoxy) is 1. The van der Waals surface area contributed by atoms with Crippen molar-refractivity contribution in [3.63, 3.8) is 0 Å². The molecule has 1 saturated heterocycles. The Kier molecular flexibility index (Phi) is 3.24. The maximum Gasteiger partial charge on any atom is 0.311 e. The fourth-order valence-electron chi connectivity index (χ4n) is 2.76. The largest absolute Gasteiger partial charge is 0.462 e. The van der Waals surface area contributed by atoms with Crippen LogP contribution in [0.2, 0.25) is 0 Å². The van der Waals surface area contributed by atoms with Crippen molar-refractivity contribution in [2.45, 2.75) is 58.6 Å². The van der Waals surface area contributed by atoms with Crippen molar-refractivity contribution < 1.29 is 9.53 Å². The lowest BCUT2D eigenvalue weighted by Crippen LogP contribution is -2.41. The molecule has 0 aromatic rings. The van der Waals surface area contributed by atoms with Crippen LogP contribution >= 0.6 is 0 Å². The van der Waals surface area contributed by atoms with Crippen LogP contribution in [0.3, 0.4) is 0 Å². The summed E-state index contributed by atoms with van der Waals surface area (Å²) in [7, 11) is 0. The van der Waals surface area contributed by atoms with E-state index in [0.717, 1.165) is 19.4 Å². The minimum atomic E-state index is -0.376. The van der Waals surface area contributed by atoms with E-state index in [1.54, 1.807) is 0 Å². The van der Waals surface area contributed by atoms with Crippen LogP contribution in [-0.2, 0) is 9.53 Å². The third kappa shape index (κ3) is 2.40. The lowest BCUT2D eigenvalue weighted by atomic mass is 9.82. The van der Waals surface area contributed by atoms with Crippen LogP contribution in [0.4, 0.5) is 0 Å². The summed E-state index contributed by atoms with van der Waals surface area (Å²) in [6, 6.07) is 0.589. The number of esters is 1. The zero-order valence-corrected chi connectivity index (χ0v) is 10.6. The standard InChI is InChI=1S/C13H23NO2/c1-13(2,3)12(15)16-11-6-4-5-10-9(11)7-8-14-10/h9-11,14H,4-8H2,1-3H3. The molecule has 0 spiro atoms. The molecular formula is C13H23NO2. The van der Waals surface area contributed by atoms with Crippen LogP contribution in [-0.4, -0.2) is 24.7 Å². The van der Waals surface area contributed by atoms with E-state index in [0.29, 0.717) is 12.0 Å². The zero-order valence-electron chi connectivity index (χ0n) is 10.6. The van der Waals surface area contributed by atoms with Crippen LogP contribution in [0.15, 0.2) is 0 Å². The summed E-state index contributed by atoms with van der Waals surface area (Å²) < 4.78 is 5.69. The summed E-state index contributed by atoms with van der Waals surface area (Å²) >= 11 is 0. The molecule has 1 saturated carbocycles. The van der Waals surface area contributed by atoms with Gasteiger partial charge in [0.25, 0.3) is 0 Å². The zero-order chi connectivity index (χ0) is 11.8. The third-order valence-corrected chi connectivity index (χ3v) is 3.75. The summed E-state index contributed by atoms with van der Waals surface area (Å²) in [5.41, 5.74) is -0.376. The van der Waals surface area contributed by atoms with Crippen molar-refractivity contribution in [1.82, 2.24) is 5.32 Å². The van der Waals surface area contributed by atoms with Crippen LogP contribution in [0.5, 0.6) is 0 Å². The molecular weight excluding hydrogens is 202 g/mol. The molecule has 3 atom stereocenters. The van der Waals surface area contributed by atoms with Gasteiger partial charge in [0.1, 0.15) is 6.10 Å². The average Bonchev–Trinajstić information content (AvgIpc) is 2.65. The second kappa shape index (κ2) is 4.36.